The van der Waals surface area contributed by atoms with Crippen molar-refractivity contribution in [3.63, 3.8) is 0 Å². The fourth-order valence-corrected chi connectivity index (χ4v) is 1.63. The van der Waals surface area contributed by atoms with Crippen LogP contribution in [0.1, 0.15) is 5.56 Å². The van der Waals surface area contributed by atoms with Crippen LogP contribution < -0.4 is 5.73 Å². The Morgan fingerprint density at radius 1 is 1.24 bits per heavy atom. The van der Waals surface area contributed by atoms with Gasteiger partial charge < -0.3 is 5.73 Å². The van der Waals surface area contributed by atoms with Gasteiger partial charge in [0.1, 0.15) is 5.82 Å². The summed E-state index contributed by atoms with van der Waals surface area (Å²) in [5, 5.41) is 6.05. The number of halogens is 4. The van der Waals surface area contributed by atoms with Crippen molar-refractivity contribution < 1.29 is 13.2 Å². The van der Waals surface area contributed by atoms with E-state index < -0.39 is 11.7 Å². The number of hydrogen-bond acceptors (Lipinski definition) is 2. The lowest BCUT2D eigenvalue weighted by Crippen LogP contribution is -2.07. The highest BCUT2D eigenvalue weighted by Gasteiger charge is 2.34. The van der Waals surface area contributed by atoms with Gasteiger partial charge >= 0.3 is 6.18 Å². The molecular weight excluding hydrogens is 255 g/mol. The summed E-state index contributed by atoms with van der Waals surface area (Å²) in [7, 11) is 0. The zero-order valence-electron chi connectivity index (χ0n) is 8.35. The molecule has 0 spiro atoms. The summed E-state index contributed by atoms with van der Waals surface area (Å²) >= 11 is 5.57. The summed E-state index contributed by atoms with van der Waals surface area (Å²) in [6.07, 6.45) is -4.49. The number of alkyl halides is 3. The molecule has 2 rings (SSSR count). The van der Waals surface area contributed by atoms with Crippen LogP contribution in [0.4, 0.5) is 19.0 Å². The number of nitrogens with one attached hydrogen (secondary N) is 1. The van der Waals surface area contributed by atoms with Gasteiger partial charge in [-0.1, -0.05) is 17.7 Å². The Morgan fingerprint density at radius 2 is 1.94 bits per heavy atom. The normalized spacial score (nSPS) is 11.8. The summed E-state index contributed by atoms with van der Waals surface area (Å²) in [4.78, 5) is 0. The largest absolute Gasteiger partial charge is 0.417 e. The van der Waals surface area contributed by atoms with E-state index in [4.69, 9.17) is 17.3 Å². The maximum atomic E-state index is 12.8. The zero-order chi connectivity index (χ0) is 12.6. The first-order valence-electron chi connectivity index (χ1n) is 4.56. The minimum absolute atomic E-state index is 0.0218. The summed E-state index contributed by atoms with van der Waals surface area (Å²) < 4.78 is 38.4. The molecular formula is C10H7ClF3N3. The third kappa shape index (κ3) is 2.36. The number of aromatic amines is 1. The predicted octanol–water partition coefficient (Wildman–Crippen LogP) is 3.33. The second kappa shape index (κ2) is 3.96. The van der Waals surface area contributed by atoms with Gasteiger partial charge in [0.15, 0.2) is 0 Å². The number of benzene rings is 1. The Morgan fingerprint density at radius 3 is 2.47 bits per heavy atom. The maximum absolute atomic E-state index is 12.8. The molecule has 7 heteroatoms. The molecule has 1 heterocycles. The smallest absolute Gasteiger partial charge is 0.382 e. The fraction of sp³-hybridized carbons (Fsp3) is 0.100. The van der Waals surface area contributed by atoms with Crippen molar-refractivity contribution in [1.82, 2.24) is 10.2 Å². The van der Waals surface area contributed by atoms with Crippen LogP contribution in [-0.2, 0) is 6.18 Å². The Kier molecular flexibility index (Phi) is 2.74. The topological polar surface area (TPSA) is 54.7 Å². The van der Waals surface area contributed by atoms with Crippen LogP contribution in [0.2, 0.25) is 5.02 Å². The van der Waals surface area contributed by atoms with Gasteiger partial charge in [0.05, 0.1) is 11.3 Å². The van der Waals surface area contributed by atoms with Crippen molar-refractivity contribution in [3.05, 3.63) is 34.9 Å². The van der Waals surface area contributed by atoms with Crippen LogP contribution >= 0.6 is 11.6 Å². The van der Waals surface area contributed by atoms with Crippen LogP contribution in [0, 0.1) is 0 Å². The monoisotopic (exact) mass is 261 g/mol. The highest BCUT2D eigenvalue weighted by atomic mass is 35.5. The molecule has 0 saturated carbocycles. The Labute approximate surface area is 99.4 Å². The van der Waals surface area contributed by atoms with E-state index in [1.165, 1.54) is 18.2 Å². The van der Waals surface area contributed by atoms with Crippen LogP contribution in [0.3, 0.4) is 0 Å². The Hall–Kier alpha value is -1.69. The lowest BCUT2D eigenvalue weighted by atomic mass is 10.0. The summed E-state index contributed by atoms with van der Waals surface area (Å²) in [6.45, 7) is 0. The molecule has 0 unspecified atom stereocenters. The number of nitrogen functional groups attached to an aromatic ring is 1. The van der Waals surface area contributed by atoms with E-state index in [0.717, 1.165) is 6.07 Å². The fourth-order valence-electron chi connectivity index (χ4n) is 1.46. The molecule has 0 bridgehead atoms. The SMILES string of the molecule is Nc1cc(-c2ccc(Cl)cc2C(F)(F)F)[nH]n1. The second-order valence-corrected chi connectivity index (χ2v) is 3.83. The van der Waals surface area contributed by atoms with Crippen LogP contribution in [0.5, 0.6) is 0 Å². The predicted molar refractivity (Wildman–Crippen MR) is 58.4 cm³/mol. The van der Waals surface area contributed by atoms with E-state index in [0.29, 0.717) is 0 Å². The van der Waals surface area contributed by atoms with E-state index in [-0.39, 0.29) is 22.1 Å². The molecule has 0 amide bonds. The first kappa shape index (κ1) is 11.8. The van der Waals surface area contributed by atoms with Crippen LogP contribution in [0.15, 0.2) is 24.3 Å². The third-order valence-electron chi connectivity index (χ3n) is 2.17. The summed E-state index contributed by atoms with van der Waals surface area (Å²) in [5.74, 6) is 0.128. The first-order valence-corrected chi connectivity index (χ1v) is 4.94. The molecule has 0 radical (unpaired) electrons. The average Bonchev–Trinajstić information content (AvgIpc) is 2.63. The third-order valence-corrected chi connectivity index (χ3v) is 2.41. The van der Waals surface area contributed by atoms with E-state index in [1.807, 2.05) is 0 Å². The van der Waals surface area contributed by atoms with Gasteiger partial charge in [-0.05, 0) is 12.1 Å². The number of nitrogens with zero attached hydrogens (tertiary/aromatic N) is 1. The van der Waals surface area contributed by atoms with Gasteiger partial charge in [-0.25, -0.2) is 0 Å². The molecule has 0 aliphatic heterocycles. The quantitative estimate of drug-likeness (QED) is 0.827. The maximum Gasteiger partial charge on any atom is 0.417 e. The molecule has 17 heavy (non-hydrogen) atoms. The molecule has 90 valence electrons. The van der Waals surface area contributed by atoms with E-state index in [2.05, 4.69) is 10.2 Å². The molecule has 0 aliphatic carbocycles. The molecule has 3 N–H and O–H groups in total. The lowest BCUT2D eigenvalue weighted by molar-refractivity contribution is -0.137. The lowest BCUT2D eigenvalue weighted by Gasteiger charge is -2.11. The minimum Gasteiger partial charge on any atom is -0.382 e. The van der Waals surface area contributed by atoms with Crippen LogP contribution in [0.25, 0.3) is 11.3 Å². The van der Waals surface area contributed by atoms with E-state index in [9.17, 15) is 13.2 Å². The van der Waals surface area contributed by atoms with Gasteiger partial charge in [-0.15, -0.1) is 0 Å². The molecule has 1 aromatic heterocycles. The van der Waals surface area contributed by atoms with Crippen molar-refractivity contribution >= 4 is 17.4 Å². The molecule has 2 aromatic rings. The van der Waals surface area contributed by atoms with Crippen molar-refractivity contribution in [2.45, 2.75) is 6.18 Å². The second-order valence-electron chi connectivity index (χ2n) is 3.39. The highest BCUT2D eigenvalue weighted by molar-refractivity contribution is 6.30. The number of H-pyrrole nitrogens is 1. The number of nitrogens with two attached hydrogens (primary N) is 1. The van der Waals surface area contributed by atoms with Crippen molar-refractivity contribution in [2.75, 3.05) is 5.73 Å². The summed E-state index contributed by atoms with van der Waals surface area (Å²) in [5.41, 5.74) is 4.69. The van der Waals surface area contributed by atoms with E-state index in [1.54, 1.807) is 0 Å². The van der Waals surface area contributed by atoms with Gasteiger partial charge in [-0.2, -0.15) is 18.3 Å². The molecule has 0 saturated heterocycles. The van der Waals surface area contributed by atoms with Crippen molar-refractivity contribution in [2.24, 2.45) is 0 Å². The number of rotatable bonds is 1. The minimum atomic E-state index is -4.49. The number of anilines is 1. The van der Waals surface area contributed by atoms with Crippen molar-refractivity contribution in [3.8, 4) is 11.3 Å². The Bertz CT molecular complexity index is 548. The Balaban J connectivity index is 2.61. The molecule has 3 nitrogen and oxygen atoms in total. The molecule has 0 atom stereocenters. The highest BCUT2D eigenvalue weighted by Crippen LogP contribution is 2.38. The molecule has 0 aliphatic rings. The number of hydrogen-bond donors (Lipinski definition) is 2. The van der Waals surface area contributed by atoms with Gasteiger partial charge in [0, 0.05) is 16.7 Å². The zero-order valence-corrected chi connectivity index (χ0v) is 9.10. The van der Waals surface area contributed by atoms with E-state index >= 15 is 0 Å². The van der Waals surface area contributed by atoms with Gasteiger partial charge in [0.2, 0.25) is 0 Å². The number of aromatic nitrogens is 2. The van der Waals surface area contributed by atoms with Gasteiger partial charge in [-0.3, -0.25) is 5.10 Å². The van der Waals surface area contributed by atoms with Gasteiger partial charge in [0.25, 0.3) is 0 Å². The van der Waals surface area contributed by atoms with Crippen molar-refractivity contribution in [1.29, 1.82) is 0 Å². The average molecular weight is 262 g/mol. The molecule has 0 fully saturated rings. The standard InChI is InChI=1S/C10H7ClF3N3/c11-5-1-2-6(7(3-5)10(12,13)14)8-4-9(15)17-16-8/h1-4H,(H3,15,16,17). The molecule has 1 aromatic carbocycles. The first-order chi connectivity index (χ1) is 7.88. The van der Waals surface area contributed by atoms with Crippen LogP contribution in [-0.4, -0.2) is 10.2 Å². The summed E-state index contributed by atoms with van der Waals surface area (Å²) in [6, 6.07) is 4.85.